The van der Waals surface area contributed by atoms with E-state index in [9.17, 15) is 0 Å². The maximum Gasteiger partial charge on any atom is 0.0405 e. The maximum atomic E-state index is 2.61. The molecule has 0 saturated carbocycles. The van der Waals surface area contributed by atoms with E-state index in [4.69, 9.17) is 0 Å². The summed E-state index contributed by atoms with van der Waals surface area (Å²) < 4.78 is 0. The van der Waals surface area contributed by atoms with E-state index in [1.54, 1.807) is 0 Å². The third kappa shape index (κ3) is 2.48. The molecular formula is C16H25N. The highest BCUT2D eigenvalue weighted by atomic mass is 15.2. The van der Waals surface area contributed by atoms with Crippen LogP contribution >= 0.6 is 0 Å². The van der Waals surface area contributed by atoms with Crippen molar-refractivity contribution in [3.05, 3.63) is 29.8 Å². The van der Waals surface area contributed by atoms with Gasteiger partial charge in [0, 0.05) is 17.3 Å². The van der Waals surface area contributed by atoms with Crippen LogP contribution < -0.4 is 4.90 Å². The lowest BCUT2D eigenvalue weighted by atomic mass is 9.88. The van der Waals surface area contributed by atoms with Gasteiger partial charge in [-0.05, 0) is 58.6 Å². The first-order valence-electron chi connectivity index (χ1n) is 6.89. The smallest absolute Gasteiger partial charge is 0.0405 e. The van der Waals surface area contributed by atoms with Gasteiger partial charge < -0.3 is 4.90 Å². The first kappa shape index (κ1) is 12.5. The summed E-state index contributed by atoms with van der Waals surface area (Å²) in [5.41, 5.74) is 3.24. The van der Waals surface area contributed by atoms with Gasteiger partial charge in [-0.3, -0.25) is 0 Å². The van der Waals surface area contributed by atoms with Crippen LogP contribution in [0.15, 0.2) is 24.3 Å². The van der Waals surface area contributed by atoms with Crippen molar-refractivity contribution < 1.29 is 0 Å². The molecule has 0 bridgehead atoms. The van der Waals surface area contributed by atoms with Gasteiger partial charge in [0.25, 0.3) is 0 Å². The standard InChI is InChI=1S/C16H25N/c1-13(2)17-15-11-6-5-9-14(15)10-7-8-12-16(17,3)4/h5-6,9,11,13H,7-8,10,12H2,1-4H3. The number of rotatable bonds is 1. The Labute approximate surface area is 106 Å². The van der Waals surface area contributed by atoms with E-state index in [0.717, 1.165) is 0 Å². The van der Waals surface area contributed by atoms with Crippen LogP contribution in [0.4, 0.5) is 5.69 Å². The van der Waals surface area contributed by atoms with Gasteiger partial charge in [-0.25, -0.2) is 0 Å². The van der Waals surface area contributed by atoms with Gasteiger partial charge in [0.1, 0.15) is 0 Å². The molecular weight excluding hydrogens is 206 g/mol. The van der Waals surface area contributed by atoms with Crippen LogP contribution in [0.25, 0.3) is 0 Å². The third-order valence-corrected chi connectivity index (χ3v) is 3.90. The zero-order valence-electron chi connectivity index (χ0n) is 11.7. The van der Waals surface area contributed by atoms with E-state index in [-0.39, 0.29) is 5.54 Å². The molecule has 0 amide bonds. The minimum Gasteiger partial charge on any atom is -0.364 e. The van der Waals surface area contributed by atoms with Gasteiger partial charge in [-0.1, -0.05) is 24.6 Å². The van der Waals surface area contributed by atoms with Crippen molar-refractivity contribution in [1.82, 2.24) is 0 Å². The fraction of sp³-hybridized carbons (Fsp3) is 0.625. The van der Waals surface area contributed by atoms with E-state index in [1.165, 1.54) is 36.9 Å². The van der Waals surface area contributed by atoms with Crippen LogP contribution in [-0.2, 0) is 6.42 Å². The molecule has 0 aromatic heterocycles. The molecule has 1 aromatic carbocycles. The van der Waals surface area contributed by atoms with Crippen molar-refractivity contribution in [3.8, 4) is 0 Å². The number of nitrogens with zero attached hydrogens (tertiary/aromatic N) is 1. The molecule has 0 aliphatic carbocycles. The van der Waals surface area contributed by atoms with E-state index in [1.807, 2.05) is 0 Å². The van der Waals surface area contributed by atoms with Gasteiger partial charge in [-0.15, -0.1) is 0 Å². The van der Waals surface area contributed by atoms with Gasteiger partial charge in [-0.2, -0.15) is 0 Å². The lowest BCUT2D eigenvalue weighted by Gasteiger charge is -2.45. The Balaban J connectivity index is 2.49. The van der Waals surface area contributed by atoms with E-state index < -0.39 is 0 Å². The number of benzene rings is 1. The van der Waals surface area contributed by atoms with Gasteiger partial charge in [0.2, 0.25) is 0 Å². The third-order valence-electron chi connectivity index (χ3n) is 3.90. The first-order valence-corrected chi connectivity index (χ1v) is 6.89. The lowest BCUT2D eigenvalue weighted by molar-refractivity contribution is 0.377. The number of fused-ring (bicyclic) bond motifs is 1. The lowest BCUT2D eigenvalue weighted by Crippen LogP contribution is -2.49. The molecule has 1 nitrogen and oxygen atoms in total. The zero-order chi connectivity index (χ0) is 12.5. The summed E-state index contributed by atoms with van der Waals surface area (Å²) in [4.78, 5) is 2.61. The van der Waals surface area contributed by atoms with Crippen LogP contribution in [0.1, 0.15) is 52.5 Å². The van der Waals surface area contributed by atoms with Crippen LogP contribution in [-0.4, -0.2) is 11.6 Å². The molecule has 94 valence electrons. The van der Waals surface area contributed by atoms with Crippen molar-refractivity contribution in [3.63, 3.8) is 0 Å². The topological polar surface area (TPSA) is 3.24 Å². The SMILES string of the molecule is CC(C)N1c2ccccc2CCCCC1(C)C. The van der Waals surface area contributed by atoms with Gasteiger partial charge in [0.05, 0.1) is 0 Å². The van der Waals surface area contributed by atoms with E-state index in [0.29, 0.717) is 6.04 Å². The monoisotopic (exact) mass is 231 g/mol. The Kier molecular flexibility index (Phi) is 3.46. The molecule has 0 unspecified atom stereocenters. The molecule has 17 heavy (non-hydrogen) atoms. The van der Waals surface area contributed by atoms with Crippen LogP contribution in [0, 0.1) is 0 Å². The normalized spacial score (nSPS) is 19.7. The quantitative estimate of drug-likeness (QED) is 0.692. The molecule has 0 atom stereocenters. The molecule has 0 saturated heterocycles. The number of hydrogen-bond acceptors (Lipinski definition) is 1. The summed E-state index contributed by atoms with van der Waals surface area (Å²) >= 11 is 0. The fourth-order valence-corrected chi connectivity index (χ4v) is 3.25. The molecule has 0 spiro atoms. The molecule has 0 fully saturated rings. The van der Waals surface area contributed by atoms with Crippen LogP contribution in [0.5, 0.6) is 0 Å². The van der Waals surface area contributed by atoms with Crippen LogP contribution in [0.3, 0.4) is 0 Å². The molecule has 1 aromatic rings. The Hall–Kier alpha value is -0.980. The Morgan fingerprint density at radius 2 is 1.82 bits per heavy atom. The van der Waals surface area contributed by atoms with Crippen molar-refractivity contribution in [1.29, 1.82) is 0 Å². The molecule has 1 heteroatoms. The molecule has 1 aliphatic rings. The number of hydrogen-bond donors (Lipinski definition) is 0. The second-order valence-corrected chi connectivity index (χ2v) is 6.11. The second-order valence-electron chi connectivity index (χ2n) is 6.11. The summed E-state index contributed by atoms with van der Waals surface area (Å²) in [5.74, 6) is 0. The Bertz CT molecular complexity index is 379. The highest BCUT2D eigenvalue weighted by molar-refractivity contribution is 5.56. The second kappa shape index (κ2) is 4.72. The summed E-state index contributed by atoms with van der Waals surface area (Å²) in [7, 11) is 0. The molecule has 1 aliphatic heterocycles. The highest BCUT2D eigenvalue weighted by Crippen LogP contribution is 2.35. The van der Waals surface area contributed by atoms with Gasteiger partial charge >= 0.3 is 0 Å². The number of anilines is 1. The minimum absolute atomic E-state index is 0.269. The fourth-order valence-electron chi connectivity index (χ4n) is 3.25. The van der Waals surface area contributed by atoms with Crippen LogP contribution in [0.2, 0.25) is 0 Å². The highest BCUT2D eigenvalue weighted by Gasteiger charge is 2.31. The molecule has 1 heterocycles. The van der Waals surface area contributed by atoms with E-state index in [2.05, 4.69) is 56.9 Å². The minimum atomic E-state index is 0.269. The summed E-state index contributed by atoms with van der Waals surface area (Å²) in [6.07, 6.45) is 5.19. The number of para-hydroxylation sites is 1. The predicted molar refractivity (Wildman–Crippen MR) is 75.7 cm³/mol. The van der Waals surface area contributed by atoms with Crippen molar-refractivity contribution in [2.24, 2.45) is 0 Å². The summed E-state index contributed by atoms with van der Waals surface area (Å²) in [6, 6.07) is 9.50. The average Bonchev–Trinajstić information content (AvgIpc) is 2.23. The number of aryl methyl sites for hydroxylation is 1. The van der Waals surface area contributed by atoms with E-state index >= 15 is 0 Å². The largest absolute Gasteiger partial charge is 0.364 e. The zero-order valence-corrected chi connectivity index (χ0v) is 11.7. The Morgan fingerprint density at radius 1 is 1.12 bits per heavy atom. The Morgan fingerprint density at radius 3 is 2.53 bits per heavy atom. The maximum absolute atomic E-state index is 2.61. The average molecular weight is 231 g/mol. The van der Waals surface area contributed by atoms with Gasteiger partial charge in [0.15, 0.2) is 0 Å². The van der Waals surface area contributed by atoms with Crippen molar-refractivity contribution in [2.45, 2.75) is 65.0 Å². The first-order chi connectivity index (χ1) is 8.02. The summed E-state index contributed by atoms with van der Waals surface area (Å²) in [6.45, 7) is 9.38. The van der Waals surface area contributed by atoms with Crippen molar-refractivity contribution >= 4 is 5.69 Å². The molecule has 2 rings (SSSR count). The van der Waals surface area contributed by atoms with Crippen molar-refractivity contribution in [2.75, 3.05) is 4.90 Å². The summed E-state index contributed by atoms with van der Waals surface area (Å²) in [5, 5.41) is 0. The molecule has 0 radical (unpaired) electrons. The molecule has 0 N–H and O–H groups in total. The predicted octanol–water partition coefficient (Wildman–Crippen LogP) is 4.41.